The topological polar surface area (TPSA) is 49.8 Å². The molecule has 4 nitrogen and oxygen atoms in total. The molecule has 1 aliphatic heterocycles. The predicted molar refractivity (Wildman–Crippen MR) is 73.0 cm³/mol. The highest BCUT2D eigenvalue weighted by Crippen LogP contribution is 2.44. The molecule has 7 heteroatoms. The van der Waals surface area contributed by atoms with Crippen LogP contribution in [-0.4, -0.2) is 48.4 Å². The number of aliphatic hydroxyl groups is 1. The van der Waals surface area contributed by atoms with Gasteiger partial charge in [-0.3, -0.25) is 4.79 Å². The van der Waals surface area contributed by atoms with Crippen LogP contribution in [0, 0.1) is 0 Å². The minimum absolute atomic E-state index is 0.179. The highest BCUT2D eigenvalue weighted by Gasteiger charge is 2.64. The van der Waals surface area contributed by atoms with E-state index in [1.54, 1.807) is 6.07 Å². The predicted octanol–water partition coefficient (Wildman–Crippen LogP) is 2.07. The van der Waals surface area contributed by atoms with Gasteiger partial charge in [-0.25, -0.2) is 0 Å². The molecule has 0 saturated carbocycles. The zero-order valence-corrected chi connectivity index (χ0v) is 12.1. The van der Waals surface area contributed by atoms with Crippen LogP contribution in [0.5, 0.6) is 0 Å². The second-order valence-electron chi connectivity index (χ2n) is 5.23. The average Bonchev–Trinajstić information content (AvgIpc) is 2.96. The van der Waals surface area contributed by atoms with Crippen LogP contribution in [-0.2, 0) is 15.1 Å². The number of likely N-dealkylation sites (tertiary alicyclic amines) is 1. The van der Waals surface area contributed by atoms with E-state index in [4.69, 9.17) is 4.74 Å². The Labute approximate surface area is 126 Å². The van der Waals surface area contributed by atoms with Crippen LogP contribution < -0.4 is 0 Å². The van der Waals surface area contributed by atoms with Crippen LogP contribution in [0.2, 0.25) is 0 Å². The molecule has 1 heterocycles. The van der Waals surface area contributed by atoms with Crippen molar-refractivity contribution < 1.29 is 27.8 Å². The number of nitrogens with zero attached hydrogens (tertiary/aromatic N) is 1. The molecule has 1 aromatic rings. The summed E-state index contributed by atoms with van der Waals surface area (Å²) in [7, 11) is 0.877. The maximum Gasteiger partial charge on any atom is 0.430 e. The lowest BCUT2D eigenvalue weighted by Crippen LogP contribution is -2.58. The van der Waals surface area contributed by atoms with Gasteiger partial charge in [0.05, 0.1) is 12.6 Å². The Bertz CT molecular complexity index is 521. The van der Waals surface area contributed by atoms with E-state index in [0.29, 0.717) is 12.8 Å². The minimum atomic E-state index is -4.91. The minimum Gasteiger partial charge on any atom is -0.394 e. The highest BCUT2D eigenvalue weighted by molar-refractivity contribution is 5.88. The molecule has 1 fully saturated rings. The lowest BCUT2D eigenvalue weighted by Gasteiger charge is -2.38. The van der Waals surface area contributed by atoms with Crippen LogP contribution in [0.25, 0.3) is 0 Å². The number of aliphatic hydroxyl groups excluding tert-OH is 1. The van der Waals surface area contributed by atoms with Crippen molar-refractivity contribution >= 4 is 5.91 Å². The summed E-state index contributed by atoms with van der Waals surface area (Å²) in [5.74, 6) is -1.18. The molecular weight excluding hydrogens is 299 g/mol. The van der Waals surface area contributed by atoms with Gasteiger partial charge in [0.15, 0.2) is 0 Å². The van der Waals surface area contributed by atoms with Crippen molar-refractivity contribution in [2.75, 3.05) is 20.3 Å². The van der Waals surface area contributed by atoms with Gasteiger partial charge < -0.3 is 14.7 Å². The number of carbonyl (C=O) groups excluding carboxylic acids is 1. The molecule has 2 atom stereocenters. The number of hydrogen-bond donors (Lipinski definition) is 1. The first-order chi connectivity index (χ1) is 10.4. The van der Waals surface area contributed by atoms with E-state index in [1.807, 2.05) is 0 Å². The smallest absolute Gasteiger partial charge is 0.394 e. The van der Waals surface area contributed by atoms with Crippen molar-refractivity contribution in [3.05, 3.63) is 35.9 Å². The average molecular weight is 317 g/mol. The molecule has 1 aliphatic rings. The summed E-state index contributed by atoms with van der Waals surface area (Å²) in [5.41, 5.74) is -3.31. The molecular formula is C15H18F3NO3. The molecule has 1 saturated heterocycles. The maximum absolute atomic E-state index is 13.8. The third-order valence-electron chi connectivity index (χ3n) is 4.04. The molecule has 1 amide bonds. The summed E-state index contributed by atoms with van der Waals surface area (Å²) in [6, 6.07) is 6.26. The number of amides is 1. The standard InChI is InChI=1S/C15H18F3NO3/c1-22-14(15(16,17)18,11-6-3-2-4-7-11)13(21)19-9-5-8-12(19)10-20/h2-4,6-7,12,20H,5,8-10H2,1H3/t12-,14-/m0/s1. The van der Waals surface area contributed by atoms with Gasteiger partial charge in [-0.1, -0.05) is 30.3 Å². The van der Waals surface area contributed by atoms with Crippen LogP contribution >= 0.6 is 0 Å². The lowest BCUT2D eigenvalue weighted by atomic mass is 9.90. The summed E-state index contributed by atoms with van der Waals surface area (Å²) in [6.45, 7) is -0.184. The van der Waals surface area contributed by atoms with Crippen LogP contribution in [0.1, 0.15) is 18.4 Å². The fraction of sp³-hybridized carbons (Fsp3) is 0.533. The molecule has 122 valence electrons. The van der Waals surface area contributed by atoms with Crippen LogP contribution in [0.3, 0.4) is 0 Å². The van der Waals surface area contributed by atoms with Crippen molar-refractivity contribution in [2.24, 2.45) is 0 Å². The molecule has 0 radical (unpaired) electrons. The number of carbonyl (C=O) groups is 1. The zero-order valence-electron chi connectivity index (χ0n) is 12.1. The first-order valence-electron chi connectivity index (χ1n) is 6.97. The van der Waals surface area contributed by atoms with Crippen molar-refractivity contribution in [2.45, 2.75) is 30.7 Å². The van der Waals surface area contributed by atoms with Gasteiger partial charge in [0, 0.05) is 19.2 Å². The van der Waals surface area contributed by atoms with Gasteiger partial charge in [0.2, 0.25) is 0 Å². The Morgan fingerprint density at radius 1 is 1.36 bits per heavy atom. The SMILES string of the molecule is CO[C@](C(=O)N1CCC[C@H]1CO)(c1ccccc1)C(F)(F)F. The van der Waals surface area contributed by atoms with E-state index in [9.17, 15) is 23.1 Å². The summed E-state index contributed by atoms with van der Waals surface area (Å²) < 4.78 is 46.0. The van der Waals surface area contributed by atoms with Crippen molar-refractivity contribution in [1.29, 1.82) is 0 Å². The van der Waals surface area contributed by atoms with E-state index in [0.717, 1.165) is 12.0 Å². The molecule has 1 N–H and O–H groups in total. The van der Waals surface area contributed by atoms with Gasteiger partial charge in [-0.05, 0) is 12.8 Å². The molecule has 2 rings (SSSR count). The molecule has 22 heavy (non-hydrogen) atoms. The van der Waals surface area contributed by atoms with Gasteiger partial charge in [0.1, 0.15) is 0 Å². The van der Waals surface area contributed by atoms with Crippen molar-refractivity contribution in [1.82, 2.24) is 4.90 Å². The summed E-state index contributed by atoms with van der Waals surface area (Å²) >= 11 is 0. The molecule has 0 bridgehead atoms. The Balaban J connectivity index is 2.52. The molecule has 0 aliphatic carbocycles. The maximum atomic E-state index is 13.8. The number of alkyl halides is 3. The van der Waals surface area contributed by atoms with E-state index >= 15 is 0 Å². The largest absolute Gasteiger partial charge is 0.430 e. The Kier molecular flexibility index (Phi) is 4.77. The van der Waals surface area contributed by atoms with Gasteiger partial charge in [0.25, 0.3) is 11.5 Å². The lowest BCUT2D eigenvalue weighted by molar-refractivity contribution is -0.270. The van der Waals surface area contributed by atoms with Gasteiger partial charge in [-0.2, -0.15) is 13.2 Å². The first-order valence-corrected chi connectivity index (χ1v) is 6.97. The number of rotatable bonds is 4. The summed E-state index contributed by atoms with van der Waals surface area (Å²) in [5, 5.41) is 9.28. The normalized spacial score (nSPS) is 21.7. The molecule has 0 spiro atoms. The number of methoxy groups -OCH3 is 1. The number of benzene rings is 1. The number of ether oxygens (including phenoxy) is 1. The zero-order chi connectivity index (χ0) is 16.4. The van der Waals surface area contributed by atoms with Crippen molar-refractivity contribution in [3.8, 4) is 0 Å². The quantitative estimate of drug-likeness (QED) is 0.925. The Morgan fingerprint density at radius 3 is 2.50 bits per heavy atom. The van der Waals surface area contributed by atoms with Gasteiger partial charge >= 0.3 is 6.18 Å². The summed E-state index contributed by atoms with van der Waals surface area (Å²) in [6.07, 6.45) is -3.87. The van der Waals surface area contributed by atoms with Crippen molar-refractivity contribution in [3.63, 3.8) is 0 Å². The summed E-state index contributed by atoms with van der Waals surface area (Å²) in [4.78, 5) is 13.8. The third kappa shape index (κ3) is 2.59. The number of halogens is 3. The third-order valence-corrected chi connectivity index (χ3v) is 4.04. The van der Waals surface area contributed by atoms with E-state index in [2.05, 4.69) is 0 Å². The molecule has 1 aromatic carbocycles. The Hall–Kier alpha value is -1.60. The first kappa shape index (κ1) is 16.8. The fourth-order valence-corrected chi connectivity index (χ4v) is 2.90. The van der Waals surface area contributed by atoms with E-state index in [-0.39, 0.29) is 18.7 Å². The van der Waals surface area contributed by atoms with E-state index in [1.165, 1.54) is 24.3 Å². The van der Waals surface area contributed by atoms with E-state index < -0.39 is 23.7 Å². The second kappa shape index (κ2) is 6.26. The van der Waals surface area contributed by atoms with Gasteiger partial charge in [-0.15, -0.1) is 0 Å². The monoisotopic (exact) mass is 317 g/mol. The molecule has 0 aromatic heterocycles. The van der Waals surface area contributed by atoms with Crippen LogP contribution in [0.15, 0.2) is 30.3 Å². The number of hydrogen-bond acceptors (Lipinski definition) is 3. The fourth-order valence-electron chi connectivity index (χ4n) is 2.90. The highest BCUT2D eigenvalue weighted by atomic mass is 19.4. The second-order valence-corrected chi connectivity index (χ2v) is 5.23. The molecule has 0 unspecified atom stereocenters. The Morgan fingerprint density at radius 2 is 2.00 bits per heavy atom. The van der Waals surface area contributed by atoms with Crippen LogP contribution in [0.4, 0.5) is 13.2 Å².